The molecule has 6 heteroatoms. The van der Waals surface area contributed by atoms with E-state index < -0.39 is 17.2 Å². The van der Waals surface area contributed by atoms with E-state index in [-0.39, 0.29) is 0 Å². The largest absolute Gasteiger partial charge is 0.444 e. The minimum atomic E-state index is -0.531. The van der Waals surface area contributed by atoms with E-state index in [1.54, 1.807) is 6.20 Å². The Balaban J connectivity index is 2.15. The van der Waals surface area contributed by atoms with Crippen molar-refractivity contribution in [3.05, 3.63) is 24.0 Å². The van der Waals surface area contributed by atoms with Gasteiger partial charge in [-0.2, -0.15) is 10.2 Å². The SMILES string of the molecule is CC(C)(C)OC(=O)NC1(c2cccnn2)CCNC1. The summed E-state index contributed by atoms with van der Waals surface area (Å²) in [4.78, 5) is 12.0. The van der Waals surface area contributed by atoms with E-state index in [4.69, 9.17) is 4.74 Å². The summed E-state index contributed by atoms with van der Waals surface area (Å²) in [7, 11) is 0. The van der Waals surface area contributed by atoms with Crippen LogP contribution in [-0.2, 0) is 10.3 Å². The Hall–Kier alpha value is -1.69. The zero-order valence-electron chi connectivity index (χ0n) is 11.6. The van der Waals surface area contributed by atoms with Gasteiger partial charge in [0.05, 0.1) is 5.69 Å². The van der Waals surface area contributed by atoms with E-state index in [1.807, 2.05) is 32.9 Å². The quantitative estimate of drug-likeness (QED) is 0.839. The summed E-state index contributed by atoms with van der Waals surface area (Å²) in [6.07, 6.45) is 1.96. The van der Waals surface area contributed by atoms with Crippen molar-refractivity contribution in [1.29, 1.82) is 0 Å². The van der Waals surface area contributed by atoms with Crippen LogP contribution in [0.15, 0.2) is 18.3 Å². The van der Waals surface area contributed by atoms with Crippen LogP contribution in [0.4, 0.5) is 4.79 Å². The minimum Gasteiger partial charge on any atom is -0.444 e. The summed E-state index contributed by atoms with van der Waals surface area (Å²) < 4.78 is 5.32. The molecular formula is C13H20N4O2. The van der Waals surface area contributed by atoms with Gasteiger partial charge in [0, 0.05) is 12.7 Å². The van der Waals surface area contributed by atoms with Crippen molar-refractivity contribution in [2.45, 2.75) is 38.3 Å². The molecule has 0 aromatic carbocycles. The monoisotopic (exact) mass is 264 g/mol. The number of aromatic nitrogens is 2. The van der Waals surface area contributed by atoms with Crippen LogP contribution in [0.2, 0.25) is 0 Å². The predicted octanol–water partition coefficient (Wildman–Crippen LogP) is 1.19. The van der Waals surface area contributed by atoms with Gasteiger partial charge in [-0.15, -0.1) is 0 Å². The maximum atomic E-state index is 12.0. The fourth-order valence-electron chi connectivity index (χ4n) is 2.14. The first-order valence-electron chi connectivity index (χ1n) is 6.41. The first-order valence-corrected chi connectivity index (χ1v) is 6.41. The van der Waals surface area contributed by atoms with Crippen molar-refractivity contribution >= 4 is 6.09 Å². The first kappa shape index (κ1) is 13.7. The summed E-state index contributed by atoms with van der Waals surface area (Å²) >= 11 is 0. The van der Waals surface area contributed by atoms with Crippen LogP contribution in [0.5, 0.6) is 0 Å². The molecule has 1 aromatic heterocycles. The average molecular weight is 264 g/mol. The van der Waals surface area contributed by atoms with Crippen LogP contribution >= 0.6 is 0 Å². The number of alkyl carbamates (subject to hydrolysis) is 1. The lowest BCUT2D eigenvalue weighted by Crippen LogP contribution is -2.49. The molecular weight excluding hydrogens is 244 g/mol. The number of rotatable bonds is 2. The zero-order chi connectivity index (χ0) is 13.9. The number of hydrogen-bond acceptors (Lipinski definition) is 5. The molecule has 6 nitrogen and oxygen atoms in total. The molecule has 0 saturated carbocycles. The van der Waals surface area contributed by atoms with Crippen LogP contribution in [0.1, 0.15) is 32.9 Å². The van der Waals surface area contributed by atoms with E-state index in [2.05, 4.69) is 20.8 Å². The topological polar surface area (TPSA) is 76.1 Å². The molecule has 2 rings (SSSR count). The van der Waals surface area contributed by atoms with Crippen LogP contribution < -0.4 is 10.6 Å². The number of hydrogen-bond donors (Lipinski definition) is 2. The lowest BCUT2D eigenvalue weighted by atomic mass is 9.94. The Labute approximate surface area is 112 Å². The zero-order valence-corrected chi connectivity index (χ0v) is 11.6. The summed E-state index contributed by atoms with van der Waals surface area (Å²) in [5.41, 5.74) is -0.290. The normalized spacial score (nSPS) is 23.1. The lowest BCUT2D eigenvalue weighted by Gasteiger charge is -2.30. The van der Waals surface area contributed by atoms with Crippen molar-refractivity contribution in [2.75, 3.05) is 13.1 Å². The molecule has 2 heterocycles. The fraction of sp³-hybridized carbons (Fsp3) is 0.615. The number of amides is 1. The van der Waals surface area contributed by atoms with Gasteiger partial charge < -0.3 is 15.4 Å². The molecule has 0 aliphatic carbocycles. The van der Waals surface area contributed by atoms with Gasteiger partial charge in [0.2, 0.25) is 0 Å². The fourth-order valence-corrected chi connectivity index (χ4v) is 2.14. The van der Waals surface area contributed by atoms with Crippen LogP contribution in [-0.4, -0.2) is 35.0 Å². The molecule has 0 spiro atoms. The highest BCUT2D eigenvalue weighted by molar-refractivity contribution is 5.69. The molecule has 1 aliphatic heterocycles. The van der Waals surface area contributed by atoms with Crippen molar-refractivity contribution in [1.82, 2.24) is 20.8 Å². The lowest BCUT2D eigenvalue weighted by molar-refractivity contribution is 0.0458. The maximum Gasteiger partial charge on any atom is 0.408 e. The molecule has 2 N–H and O–H groups in total. The summed E-state index contributed by atoms with van der Waals surface area (Å²) in [6, 6.07) is 3.69. The smallest absolute Gasteiger partial charge is 0.408 e. The highest BCUT2D eigenvalue weighted by Gasteiger charge is 2.39. The van der Waals surface area contributed by atoms with Gasteiger partial charge in [-0.3, -0.25) is 0 Å². The molecule has 0 bridgehead atoms. The van der Waals surface area contributed by atoms with Crippen LogP contribution in [0.3, 0.4) is 0 Å². The van der Waals surface area contributed by atoms with Crippen molar-refractivity contribution in [3.63, 3.8) is 0 Å². The number of carbonyl (C=O) groups excluding carboxylic acids is 1. The first-order chi connectivity index (χ1) is 8.91. The molecule has 104 valence electrons. The second-order valence-electron chi connectivity index (χ2n) is 5.74. The van der Waals surface area contributed by atoms with Gasteiger partial charge in [0.1, 0.15) is 11.1 Å². The Morgan fingerprint density at radius 3 is 2.84 bits per heavy atom. The Bertz CT molecular complexity index is 436. The van der Waals surface area contributed by atoms with Gasteiger partial charge in [-0.25, -0.2) is 4.79 Å². The second-order valence-corrected chi connectivity index (χ2v) is 5.74. The molecule has 1 aliphatic rings. The number of carbonyl (C=O) groups is 1. The third-order valence-corrected chi connectivity index (χ3v) is 2.96. The summed E-state index contributed by atoms with van der Waals surface area (Å²) in [6.45, 7) is 6.98. The molecule has 1 fully saturated rings. The molecule has 0 radical (unpaired) electrons. The van der Waals surface area contributed by atoms with E-state index >= 15 is 0 Å². The van der Waals surface area contributed by atoms with Crippen LogP contribution in [0, 0.1) is 0 Å². The average Bonchev–Trinajstić information content (AvgIpc) is 2.77. The Kier molecular flexibility index (Phi) is 3.71. The number of nitrogens with one attached hydrogen (secondary N) is 2. The Morgan fingerprint density at radius 2 is 2.32 bits per heavy atom. The molecule has 1 amide bonds. The number of nitrogens with zero attached hydrogens (tertiary/aromatic N) is 2. The molecule has 1 saturated heterocycles. The van der Waals surface area contributed by atoms with Crippen molar-refractivity contribution in [2.24, 2.45) is 0 Å². The summed E-state index contributed by atoms with van der Waals surface area (Å²) in [5.74, 6) is 0. The predicted molar refractivity (Wildman–Crippen MR) is 70.6 cm³/mol. The van der Waals surface area contributed by atoms with E-state index in [0.29, 0.717) is 6.54 Å². The van der Waals surface area contributed by atoms with Gasteiger partial charge >= 0.3 is 6.09 Å². The van der Waals surface area contributed by atoms with Crippen LogP contribution in [0.25, 0.3) is 0 Å². The van der Waals surface area contributed by atoms with Gasteiger partial charge in [0.15, 0.2) is 0 Å². The third kappa shape index (κ3) is 3.41. The third-order valence-electron chi connectivity index (χ3n) is 2.96. The van der Waals surface area contributed by atoms with Gasteiger partial charge in [-0.1, -0.05) is 0 Å². The second kappa shape index (κ2) is 5.13. The molecule has 1 atom stereocenters. The number of ether oxygens (including phenoxy) is 1. The van der Waals surface area contributed by atoms with Gasteiger partial charge in [-0.05, 0) is 45.9 Å². The van der Waals surface area contributed by atoms with E-state index in [9.17, 15) is 4.79 Å². The minimum absolute atomic E-state index is 0.429. The maximum absolute atomic E-state index is 12.0. The molecule has 1 unspecified atom stereocenters. The molecule has 19 heavy (non-hydrogen) atoms. The van der Waals surface area contributed by atoms with Crippen molar-refractivity contribution in [3.8, 4) is 0 Å². The molecule has 1 aromatic rings. The van der Waals surface area contributed by atoms with E-state index in [0.717, 1.165) is 18.7 Å². The standard InChI is InChI=1S/C13H20N4O2/c1-12(2,3)19-11(18)16-13(6-8-14-9-13)10-5-4-7-15-17-10/h4-5,7,14H,6,8-9H2,1-3H3,(H,16,18). The highest BCUT2D eigenvalue weighted by atomic mass is 16.6. The van der Waals surface area contributed by atoms with E-state index in [1.165, 1.54) is 0 Å². The van der Waals surface area contributed by atoms with Gasteiger partial charge in [0.25, 0.3) is 0 Å². The summed E-state index contributed by atoms with van der Waals surface area (Å²) in [5, 5.41) is 14.2. The Morgan fingerprint density at radius 1 is 1.53 bits per heavy atom. The highest BCUT2D eigenvalue weighted by Crippen LogP contribution is 2.26. The van der Waals surface area contributed by atoms with Crippen molar-refractivity contribution < 1.29 is 9.53 Å².